The summed E-state index contributed by atoms with van der Waals surface area (Å²) in [5, 5.41) is 5.70. The lowest BCUT2D eigenvalue weighted by atomic mass is 10.1. The molecule has 0 aliphatic carbocycles. The molecule has 0 saturated heterocycles. The van der Waals surface area contributed by atoms with Crippen LogP contribution in [0.4, 0.5) is 0 Å². The Kier molecular flexibility index (Phi) is 2.15. The molecule has 3 rings (SSSR count). The third-order valence-corrected chi connectivity index (χ3v) is 2.71. The van der Waals surface area contributed by atoms with E-state index in [1.165, 1.54) is 0 Å². The highest BCUT2D eigenvalue weighted by Crippen LogP contribution is 2.29. The van der Waals surface area contributed by atoms with Crippen LogP contribution in [0.15, 0.2) is 53.1 Å². The summed E-state index contributed by atoms with van der Waals surface area (Å²) in [4.78, 5) is 0. The zero-order valence-corrected chi connectivity index (χ0v) is 9.11. The monoisotopic (exact) mass is 229 g/mol. The number of hydrogen-bond acceptors (Lipinski definition) is 2. The summed E-state index contributed by atoms with van der Waals surface area (Å²) in [5.74, 6) is 0. The van der Waals surface area contributed by atoms with Gasteiger partial charge in [-0.2, -0.15) is 0 Å². The topological polar surface area (TPSA) is 26.0 Å². The van der Waals surface area contributed by atoms with Crippen LogP contribution in [0.3, 0.4) is 0 Å². The fraction of sp³-hybridized carbons (Fsp3) is 0. The molecule has 1 aromatic heterocycles. The number of nitrogens with zero attached hydrogens (tertiary/aromatic N) is 1. The van der Waals surface area contributed by atoms with Crippen LogP contribution in [0.2, 0.25) is 5.02 Å². The van der Waals surface area contributed by atoms with Crippen molar-refractivity contribution in [2.45, 2.75) is 0 Å². The van der Waals surface area contributed by atoms with Crippen molar-refractivity contribution in [3.63, 3.8) is 0 Å². The van der Waals surface area contributed by atoms with Crippen molar-refractivity contribution < 1.29 is 4.52 Å². The van der Waals surface area contributed by atoms with Crippen molar-refractivity contribution in [2.24, 2.45) is 0 Å². The van der Waals surface area contributed by atoms with Crippen LogP contribution in [0.25, 0.3) is 22.2 Å². The molecule has 0 spiro atoms. The molecular weight excluding hydrogens is 222 g/mol. The van der Waals surface area contributed by atoms with Crippen molar-refractivity contribution in [2.75, 3.05) is 0 Å². The minimum atomic E-state index is 0.688. The van der Waals surface area contributed by atoms with Crippen LogP contribution in [-0.4, -0.2) is 5.16 Å². The van der Waals surface area contributed by atoms with Gasteiger partial charge in [0.2, 0.25) is 0 Å². The van der Waals surface area contributed by atoms with Gasteiger partial charge in [-0.3, -0.25) is 0 Å². The van der Waals surface area contributed by atoms with E-state index in [-0.39, 0.29) is 0 Å². The lowest BCUT2D eigenvalue weighted by Crippen LogP contribution is -1.76. The Morgan fingerprint density at radius 2 is 1.81 bits per heavy atom. The standard InChI is InChI=1S/C13H8ClNO/c14-10-6-7-12-11(8-10)13(15-16-12)9-4-2-1-3-5-9/h1-8H. The molecule has 0 amide bonds. The molecule has 78 valence electrons. The van der Waals surface area contributed by atoms with Gasteiger partial charge in [-0.1, -0.05) is 47.1 Å². The minimum absolute atomic E-state index is 0.688. The van der Waals surface area contributed by atoms with Gasteiger partial charge in [-0.05, 0) is 18.2 Å². The van der Waals surface area contributed by atoms with Gasteiger partial charge in [0, 0.05) is 10.6 Å². The van der Waals surface area contributed by atoms with Crippen molar-refractivity contribution >= 4 is 22.6 Å². The molecule has 2 aromatic carbocycles. The summed E-state index contributed by atoms with van der Waals surface area (Å²) in [5.41, 5.74) is 2.62. The second-order valence-corrected chi connectivity index (χ2v) is 3.97. The predicted molar refractivity (Wildman–Crippen MR) is 64.5 cm³/mol. The Morgan fingerprint density at radius 3 is 2.62 bits per heavy atom. The molecule has 3 aromatic rings. The van der Waals surface area contributed by atoms with E-state index in [2.05, 4.69) is 5.16 Å². The normalized spacial score (nSPS) is 10.8. The van der Waals surface area contributed by atoms with E-state index in [0.29, 0.717) is 5.02 Å². The quantitative estimate of drug-likeness (QED) is 0.627. The molecule has 0 aliphatic heterocycles. The summed E-state index contributed by atoms with van der Waals surface area (Å²) in [7, 11) is 0. The molecule has 16 heavy (non-hydrogen) atoms. The van der Waals surface area contributed by atoms with Crippen LogP contribution in [0.5, 0.6) is 0 Å². The first-order valence-electron chi connectivity index (χ1n) is 4.95. The number of aromatic nitrogens is 1. The maximum atomic E-state index is 5.97. The van der Waals surface area contributed by atoms with Gasteiger partial charge in [-0.25, -0.2) is 0 Å². The second kappa shape index (κ2) is 3.65. The molecule has 0 fully saturated rings. The summed E-state index contributed by atoms with van der Waals surface area (Å²) in [6.45, 7) is 0. The highest BCUT2D eigenvalue weighted by Gasteiger charge is 2.09. The molecule has 0 radical (unpaired) electrons. The van der Waals surface area contributed by atoms with Crippen LogP contribution < -0.4 is 0 Å². The van der Waals surface area contributed by atoms with E-state index in [1.807, 2.05) is 42.5 Å². The van der Waals surface area contributed by atoms with Gasteiger partial charge in [0.1, 0.15) is 5.69 Å². The SMILES string of the molecule is Clc1ccc2onc(-c3ccccc3)c2c1. The van der Waals surface area contributed by atoms with Crippen LogP contribution in [-0.2, 0) is 0 Å². The third-order valence-electron chi connectivity index (χ3n) is 2.48. The highest BCUT2D eigenvalue weighted by molar-refractivity contribution is 6.31. The van der Waals surface area contributed by atoms with E-state index in [4.69, 9.17) is 16.1 Å². The molecule has 0 saturated carbocycles. The summed E-state index contributed by atoms with van der Waals surface area (Å²) in [6, 6.07) is 15.4. The fourth-order valence-corrected chi connectivity index (χ4v) is 1.89. The number of benzene rings is 2. The Balaban J connectivity index is 2.29. The molecule has 0 N–H and O–H groups in total. The lowest BCUT2D eigenvalue weighted by molar-refractivity contribution is 0.459. The minimum Gasteiger partial charge on any atom is -0.356 e. The van der Waals surface area contributed by atoms with E-state index >= 15 is 0 Å². The van der Waals surface area contributed by atoms with Crippen molar-refractivity contribution in [3.05, 3.63) is 53.6 Å². The smallest absolute Gasteiger partial charge is 0.167 e. The summed E-state index contributed by atoms with van der Waals surface area (Å²) >= 11 is 5.97. The van der Waals surface area contributed by atoms with Crippen molar-refractivity contribution in [3.8, 4) is 11.3 Å². The molecule has 3 heteroatoms. The summed E-state index contributed by atoms with van der Waals surface area (Å²) < 4.78 is 5.25. The van der Waals surface area contributed by atoms with Gasteiger partial charge < -0.3 is 4.52 Å². The van der Waals surface area contributed by atoms with Crippen LogP contribution in [0, 0.1) is 0 Å². The zero-order valence-electron chi connectivity index (χ0n) is 8.35. The average Bonchev–Trinajstić information content (AvgIpc) is 2.73. The highest BCUT2D eigenvalue weighted by atomic mass is 35.5. The maximum absolute atomic E-state index is 5.97. The molecular formula is C13H8ClNO. The van der Waals surface area contributed by atoms with E-state index in [9.17, 15) is 0 Å². The van der Waals surface area contributed by atoms with Crippen LogP contribution in [0.1, 0.15) is 0 Å². The maximum Gasteiger partial charge on any atom is 0.167 e. The first kappa shape index (κ1) is 9.43. The van der Waals surface area contributed by atoms with E-state index < -0.39 is 0 Å². The molecule has 1 heterocycles. The Bertz CT molecular complexity index is 631. The molecule has 0 bridgehead atoms. The first-order chi connectivity index (χ1) is 7.84. The van der Waals surface area contributed by atoms with Gasteiger partial charge in [0.25, 0.3) is 0 Å². The molecule has 0 atom stereocenters. The van der Waals surface area contributed by atoms with Crippen molar-refractivity contribution in [1.82, 2.24) is 5.16 Å². The predicted octanol–water partition coefficient (Wildman–Crippen LogP) is 4.15. The number of rotatable bonds is 1. The largest absolute Gasteiger partial charge is 0.356 e. The number of fused-ring (bicyclic) bond motifs is 1. The van der Waals surface area contributed by atoms with E-state index in [1.54, 1.807) is 6.07 Å². The molecule has 0 unspecified atom stereocenters. The van der Waals surface area contributed by atoms with E-state index in [0.717, 1.165) is 22.2 Å². The van der Waals surface area contributed by atoms with Gasteiger partial charge in [0.15, 0.2) is 5.58 Å². The lowest BCUT2D eigenvalue weighted by Gasteiger charge is -1.95. The molecule has 0 aliphatic rings. The Labute approximate surface area is 97.4 Å². The van der Waals surface area contributed by atoms with Gasteiger partial charge >= 0.3 is 0 Å². The molecule has 2 nitrogen and oxygen atoms in total. The second-order valence-electron chi connectivity index (χ2n) is 3.54. The number of hydrogen-bond donors (Lipinski definition) is 0. The van der Waals surface area contributed by atoms with Crippen LogP contribution >= 0.6 is 11.6 Å². The Hall–Kier alpha value is -1.80. The number of halogens is 1. The summed E-state index contributed by atoms with van der Waals surface area (Å²) in [6.07, 6.45) is 0. The Morgan fingerprint density at radius 1 is 1.00 bits per heavy atom. The fourth-order valence-electron chi connectivity index (χ4n) is 1.72. The zero-order chi connectivity index (χ0) is 11.0. The van der Waals surface area contributed by atoms with Gasteiger partial charge in [0.05, 0.1) is 5.39 Å². The third kappa shape index (κ3) is 1.48. The average molecular weight is 230 g/mol. The van der Waals surface area contributed by atoms with Crippen molar-refractivity contribution in [1.29, 1.82) is 0 Å². The first-order valence-corrected chi connectivity index (χ1v) is 5.33. The van der Waals surface area contributed by atoms with Gasteiger partial charge in [-0.15, -0.1) is 0 Å².